The van der Waals surface area contributed by atoms with Gasteiger partial charge in [-0.3, -0.25) is 9.59 Å². The number of rotatable bonds is 3. The molecule has 5 heteroatoms. The van der Waals surface area contributed by atoms with Gasteiger partial charge >= 0.3 is 0 Å². The van der Waals surface area contributed by atoms with Crippen molar-refractivity contribution in [1.82, 2.24) is 5.32 Å². The maximum atomic E-state index is 12.8. The van der Waals surface area contributed by atoms with Gasteiger partial charge in [0.15, 0.2) is 0 Å². The molecule has 124 valence electrons. The number of nitrogens with zero attached hydrogens (tertiary/aromatic N) is 1. The van der Waals surface area contributed by atoms with Gasteiger partial charge in [-0.2, -0.15) is 0 Å². The normalized spacial score (nSPS) is 13.5. The number of hydrogen-bond acceptors (Lipinski definition) is 3. The first-order valence-corrected chi connectivity index (χ1v) is 8.99. The van der Waals surface area contributed by atoms with Crippen LogP contribution in [0.1, 0.15) is 34.6 Å². The summed E-state index contributed by atoms with van der Waals surface area (Å²) >= 11 is 1.71. The Morgan fingerprint density at radius 1 is 1.08 bits per heavy atom. The van der Waals surface area contributed by atoms with Crippen molar-refractivity contribution in [2.45, 2.75) is 24.8 Å². The molecule has 0 spiro atoms. The van der Waals surface area contributed by atoms with Crippen molar-refractivity contribution in [2.75, 3.05) is 17.2 Å². The largest absolute Gasteiger partial charge is 0.350 e. The zero-order valence-corrected chi connectivity index (χ0v) is 14.6. The highest BCUT2D eigenvalue weighted by Crippen LogP contribution is 2.36. The number of carbonyl (C=O) groups is 2. The van der Waals surface area contributed by atoms with Crippen molar-refractivity contribution in [3.8, 4) is 0 Å². The van der Waals surface area contributed by atoms with Gasteiger partial charge in [0.1, 0.15) is 0 Å². The van der Waals surface area contributed by atoms with Crippen molar-refractivity contribution < 1.29 is 9.59 Å². The smallest absolute Gasteiger partial charge is 0.258 e. The third kappa shape index (κ3) is 3.46. The van der Waals surface area contributed by atoms with Gasteiger partial charge < -0.3 is 10.2 Å². The second-order valence-electron chi connectivity index (χ2n) is 5.98. The van der Waals surface area contributed by atoms with Crippen LogP contribution >= 0.6 is 11.8 Å². The van der Waals surface area contributed by atoms with Crippen LogP contribution < -0.4 is 10.2 Å². The molecule has 0 atom stereocenters. The van der Waals surface area contributed by atoms with Gasteiger partial charge in [-0.25, -0.2) is 0 Å². The molecule has 0 aromatic heterocycles. The number of nitrogens with one attached hydrogen (secondary N) is 1. The fraction of sp³-hybridized carbons (Fsp3) is 0.263. The molecule has 4 nitrogen and oxygen atoms in total. The van der Waals surface area contributed by atoms with Crippen LogP contribution in [0.15, 0.2) is 53.4 Å². The number of anilines is 1. The lowest BCUT2D eigenvalue weighted by Crippen LogP contribution is -2.36. The topological polar surface area (TPSA) is 49.4 Å². The minimum atomic E-state index is -0.115. The summed E-state index contributed by atoms with van der Waals surface area (Å²) in [7, 11) is 0. The Kier molecular flexibility index (Phi) is 4.90. The highest BCUT2D eigenvalue weighted by molar-refractivity contribution is 7.99. The van der Waals surface area contributed by atoms with Crippen LogP contribution in [0.25, 0.3) is 0 Å². The Bertz CT molecular complexity index is 759. The maximum absolute atomic E-state index is 12.8. The molecule has 0 saturated carbocycles. The summed E-state index contributed by atoms with van der Waals surface area (Å²) in [5, 5.41) is 2.89. The van der Waals surface area contributed by atoms with Crippen LogP contribution in [0.3, 0.4) is 0 Å². The van der Waals surface area contributed by atoms with Crippen molar-refractivity contribution in [2.24, 2.45) is 0 Å². The van der Waals surface area contributed by atoms with Gasteiger partial charge in [-0.1, -0.05) is 18.2 Å². The van der Waals surface area contributed by atoms with Gasteiger partial charge in [-0.05, 0) is 44.2 Å². The molecule has 0 aliphatic carbocycles. The van der Waals surface area contributed by atoms with E-state index in [0.29, 0.717) is 17.7 Å². The van der Waals surface area contributed by atoms with E-state index in [-0.39, 0.29) is 17.9 Å². The van der Waals surface area contributed by atoms with Crippen LogP contribution in [0.4, 0.5) is 5.69 Å². The molecule has 2 aromatic rings. The lowest BCUT2D eigenvalue weighted by atomic mass is 10.1. The summed E-state index contributed by atoms with van der Waals surface area (Å²) in [4.78, 5) is 27.9. The average molecular weight is 340 g/mol. The number of hydrogen-bond donors (Lipinski definition) is 1. The van der Waals surface area contributed by atoms with Crippen LogP contribution in [0.5, 0.6) is 0 Å². The van der Waals surface area contributed by atoms with E-state index >= 15 is 0 Å². The summed E-state index contributed by atoms with van der Waals surface area (Å²) in [6.45, 7) is 4.50. The lowest BCUT2D eigenvalue weighted by molar-refractivity contribution is 0.0940. The molecule has 2 amide bonds. The fourth-order valence-corrected chi connectivity index (χ4v) is 3.63. The lowest BCUT2D eigenvalue weighted by Gasteiger charge is -2.29. The minimum Gasteiger partial charge on any atom is -0.350 e. The zero-order valence-electron chi connectivity index (χ0n) is 13.8. The molecule has 1 N–H and O–H groups in total. The fourth-order valence-electron chi connectivity index (χ4n) is 2.65. The first-order valence-electron chi connectivity index (χ1n) is 8.01. The number of carbonyl (C=O) groups excluding carboxylic acids is 2. The SMILES string of the molecule is CC(C)NC(=O)c1ccc2c(c1)N(C(=O)c1ccccc1)CCS2. The third-order valence-electron chi connectivity index (χ3n) is 3.77. The van der Waals surface area contributed by atoms with Crippen molar-refractivity contribution in [3.05, 3.63) is 59.7 Å². The average Bonchev–Trinajstić information content (AvgIpc) is 2.60. The standard InChI is InChI=1S/C19H20N2O2S/c1-13(2)20-18(22)15-8-9-17-16(12-15)21(10-11-24-17)19(23)14-6-4-3-5-7-14/h3-9,12-13H,10-11H2,1-2H3,(H,20,22). The van der Waals surface area contributed by atoms with E-state index in [4.69, 9.17) is 0 Å². The van der Waals surface area contributed by atoms with E-state index in [0.717, 1.165) is 16.3 Å². The molecule has 1 aliphatic rings. The summed E-state index contributed by atoms with van der Waals surface area (Å²) in [5.41, 5.74) is 2.06. The Morgan fingerprint density at radius 2 is 1.83 bits per heavy atom. The first kappa shape index (κ1) is 16.6. The van der Waals surface area contributed by atoms with E-state index < -0.39 is 0 Å². The second-order valence-corrected chi connectivity index (χ2v) is 7.12. The summed E-state index contributed by atoms with van der Waals surface area (Å²) in [5.74, 6) is 0.706. The van der Waals surface area contributed by atoms with E-state index in [2.05, 4.69) is 5.32 Å². The number of thioether (sulfide) groups is 1. The van der Waals surface area contributed by atoms with E-state index in [1.54, 1.807) is 16.7 Å². The monoisotopic (exact) mass is 340 g/mol. The molecule has 3 rings (SSSR count). The van der Waals surface area contributed by atoms with Crippen LogP contribution in [-0.4, -0.2) is 30.2 Å². The predicted molar refractivity (Wildman–Crippen MR) is 97.9 cm³/mol. The minimum absolute atomic E-state index is 0.0291. The maximum Gasteiger partial charge on any atom is 0.258 e. The highest BCUT2D eigenvalue weighted by Gasteiger charge is 2.25. The van der Waals surface area contributed by atoms with Crippen LogP contribution in [0, 0.1) is 0 Å². The summed E-state index contributed by atoms with van der Waals surface area (Å²) in [6, 6.07) is 14.9. The number of amides is 2. The molecular formula is C19H20N2O2S. The van der Waals surface area contributed by atoms with E-state index in [1.165, 1.54) is 0 Å². The Morgan fingerprint density at radius 3 is 2.54 bits per heavy atom. The molecule has 0 unspecified atom stereocenters. The summed E-state index contributed by atoms with van der Waals surface area (Å²) < 4.78 is 0. The van der Waals surface area contributed by atoms with Gasteiger partial charge in [0, 0.05) is 34.4 Å². The molecular weight excluding hydrogens is 320 g/mol. The molecule has 0 bridgehead atoms. The van der Waals surface area contributed by atoms with Gasteiger partial charge in [0.2, 0.25) is 0 Å². The van der Waals surface area contributed by atoms with Crippen molar-refractivity contribution in [1.29, 1.82) is 0 Å². The highest BCUT2D eigenvalue weighted by atomic mass is 32.2. The molecule has 1 heterocycles. The molecule has 0 radical (unpaired) electrons. The van der Waals surface area contributed by atoms with Crippen LogP contribution in [-0.2, 0) is 0 Å². The number of fused-ring (bicyclic) bond motifs is 1. The summed E-state index contributed by atoms with van der Waals surface area (Å²) in [6.07, 6.45) is 0. The van der Waals surface area contributed by atoms with Gasteiger partial charge in [0.25, 0.3) is 11.8 Å². The Hall–Kier alpha value is -2.27. The Labute approximate surface area is 146 Å². The van der Waals surface area contributed by atoms with Gasteiger partial charge in [0.05, 0.1) is 5.69 Å². The zero-order chi connectivity index (χ0) is 17.1. The van der Waals surface area contributed by atoms with E-state index in [1.807, 2.05) is 62.4 Å². The second kappa shape index (κ2) is 7.09. The van der Waals surface area contributed by atoms with Crippen molar-refractivity contribution in [3.63, 3.8) is 0 Å². The molecule has 2 aromatic carbocycles. The quantitative estimate of drug-likeness (QED) is 0.929. The molecule has 0 saturated heterocycles. The van der Waals surface area contributed by atoms with E-state index in [9.17, 15) is 9.59 Å². The Balaban J connectivity index is 1.94. The number of benzene rings is 2. The first-order chi connectivity index (χ1) is 11.6. The molecule has 24 heavy (non-hydrogen) atoms. The van der Waals surface area contributed by atoms with Crippen LogP contribution in [0.2, 0.25) is 0 Å². The third-order valence-corrected chi connectivity index (χ3v) is 4.81. The molecule has 0 fully saturated rings. The molecule has 1 aliphatic heterocycles. The predicted octanol–water partition coefficient (Wildman–Crippen LogP) is 3.58. The van der Waals surface area contributed by atoms with Gasteiger partial charge in [-0.15, -0.1) is 11.8 Å². The van der Waals surface area contributed by atoms with Crippen molar-refractivity contribution >= 4 is 29.3 Å².